The first-order chi connectivity index (χ1) is 11.2. The summed E-state index contributed by atoms with van der Waals surface area (Å²) in [5.74, 6) is -0.402. The average Bonchev–Trinajstić information content (AvgIpc) is 2.59. The van der Waals surface area contributed by atoms with Crippen LogP contribution in [0, 0.1) is 11.8 Å². The van der Waals surface area contributed by atoms with Gasteiger partial charge in [0.2, 0.25) is 0 Å². The molecule has 5 nitrogen and oxygen atoms in total. The molecule has 0 bridgehead atoms. The zero-order chi connectivity index (χ0) is 16.2. The molecule has 2 fully saturated rings. The molecule has 0 radical (unpaired) electrons. The second-order valence-corrected chi connectivity index (χ2v) is 6.51. The standard InChI is InChI=1S/C18H23NO4/c20-17(21)16-15-9-5-4-8-14(15)10-11-19(16)18(22)23-12-13-6-2-1-3-7-13/h1-3,6-7,14-16H,4-5,8-12H2,(H,20,21)/t14-,15-,16?/m0/s1. The van der Waals surface area contributed by atoms with E-state index >= 15 is 0 Å². The number of likely N-dealkylation sites (tertiary alicyclic amines) is 1. The largest absolute Gasteiger partial charge is 0.480 e. The summed E-state index contributed by atoms with van der Waals surface area (Å²) >= 11 is 0. The third-order valence-electron chi connectivity index (χ3n) is 5.14. The topological polar surface area (TPSA) is 66.8 Å². The lowest BCUT2D eigenvalue weighted by Crippen LogP contribution is -2.56. The van der Waals surface area contributed by atoms with Crippen LogP contribution in [0.1, 0.15) is 37.7 Å². The van der Waals surface area contributed by atoms with E-state index in [9.17, 15) is 14.7 Å². The van der Waals surface area contributed by atoms with E-state index in [0.29, 0.717) is 12.5 Å². The van der Waals surface area contributed by atoms with E-state index in [1.165, 1.54) is 11.3 Å². The molecule has 2 aliphatic rings. The molecule has 0 aromatic heterocycles. The Balaban J connectivity index is 1.67. The molecule has 1 saturated heterocycles. The third-order valence-corrected chi connectivity index (χ3v) is 5.14. The fourth-order valence-electron chi connectivity index (χ4n) is 4.01. The molecule has 1 aromatic rings. The number of rotatable bonds is 3. The maximum absolute atomic E-state index is 12.4. The highest BCUT2D eigenvalue weighted by Gasteiger charge is 2.45. The molecular weight excluding hydrogens is 294 g/mol. The van der Waals surface area contributed by atoms with Gasteiger partial charge in [-0.1, -0.05) is 49.6 Å². The van der Waals surface area contributed by atoms with Crippen molar-refractivity contribution in [3.63, 3.8) is 0 Å². The predicted molar refractivity (Wildman–Crippen MR) is 84.8 cm³/mol. The summed E-state index contributed by atoms with van der Waals surface area (Å²) in [7, 11) is 0. The maximum Gasteiger partial charge on any atom is 0.410 e. The zero-order valence-electron chi connectivity index (χ0n) is 13.2. The lowest BCUT2D eigenvalue weighted by atomic mass is 9.71. The minimum atomic E-state index is -0.904. The molecule has 1 heterocycles. The summed E-state index contributed by atoms with van der Waals surface area (Å²) < 4.78 is 5.35. The molecule has 3 atom stereocenters. The third kappa shape index (κ3) is 3.49. The van der Waals surface area contributed by atoms with Gasteiger partial charge in [-0.25, -0.2) is 9.59 Å². The van der Waals surface area contributed by atoms with E-state index in [1.807, 2.05) is 30.3 Å². The van der Waals surface area contributed by atoms with Crippen molar-refractivity contribution in [2.45, 2.75) is 44.8 Å². The number of ether oxygens (including phenoxy) is 1. The van der Waals surface area contributed by atoms with Crippen molar-refractivity contribution < 1.29 is 19.4 Å². The van der Waals surface area contributed by atoms with Crippen LogP contribution in [0.5, 0.6) is 0 Å². The number of benzene rings is 1. The van der Waals surface area contributed by atoms with E-state index in [4.69, 9.17) is 4.74 Å². The molecule has 124 valence electrons. The minimum Gasteiger partial charge on any atom is -0.480 e. The van der Waals surface area contributed by atoms with Crippen LogP contribution >= 0.6 is 0 Å². The number of hydrogen-bond acceptors (Lipinski definition) is 3. The summed E-state index contributed by atoms with van der Waals surface area (Å²) in [6.07, 6.45) is 4.58. The van der Waals surface area contributed by atoms with Gasteiger partial charge in [0.05, 0.1) is 0 Å². The number of nitrogens with zero attached hydrogens (tertiary/aromatic N) is 1. The summed E-state index contributed by atoms with van der Waals surface area (Å²) in [6.45, 7) is 0.655. The van der Waals surface area contributed by atoms with Crippen LogP contribution in [0.25, 0.3) is 0 Å². The van der Waals surface area contributed by atoms with E-state index in [2.05, 4.69) is 0 Å². The van der Waals surface area contributed by atoms with Gasteiger partial charge >= 0.3 is 12.1 Å². The Bertz CT molecular complexity index is 559. The maximum atomic E-state index is 12.4. The summed E-state index contributed by atoms with van der Waals surface area (Å²) in [5.41, 5.74) is 0.903. The number of fused-ring (bicyclic) bond motifs is 1. The minimum absolute atomic E-state index is 0.0688. The second kappa shape index (κ2) is 7.02. The smallest absolute Gasteiger partial charge is 0.410 e. The van der Waals surface area contributed by atoms with Crippen LogP contribution in [0.2, 0.25) is 0 Å². The first kappa shape index (κ1) is 15.8. The van der Waals surface area contributed by atoms with Crippen molar-refractivity contribution in [2.75, 3.05) is 6.54 Å². The molecule has 1 aliphatic carbocycles. The van der Waals surface area contributed by atoms with Crippen LogP contribution in [0.4, 0.5) is 4.79 Å². The summed E-state index contributed by atoms with van der Waals surface area (Å²) in [6, 6.07) is 8.70. The lowest BCUT2D eigenvalue weighted by Gasteiger charge is -2.45. The van der Waals surface area contributed by atoms with Crippen LogP contribution < -0.4 is 0 Å². The van der Waals surface area contributed by atoms with Gasteiger partial charge in [-0.3, -0.25) is 4.90 Å². The first-order valence-corrected chi connectivity index (χ1v) is 8.37. The number of hydrogen-bond donors (Lipinski definition) is 1. The van der Waals surface area contributed by atoms with Gasteiger partial charge < -0.3 is 9.84 Å². The molecule has 1 saturated carbocycles. The molecule has 1 N–H and O–H groups in total. The van der Waals surface area contributed by atoms with Gasteiger partial charge in [0, 0.05) is 6.54 Å². The fraction of sp³-hybridized carbons (Fsp3) is 0.556. The van der Waals surface area contributed by atoms with Crippen molar-refractivity contribution in [1.82, 2.24) is 4.90 Å². The summed E-state index contributed by atoms with van der Waals surface area (Å²) in [5, 5.41) is 9.63. The SMILES string of the molecule is O=C(O)C1[C@H]2CCCC[C@H]2CCN1C(=O)OCc1ccccc1. The Kier molecular flexibility index (Phi) is 4.84. The predicted octanol–water partition coefficient (Wildman–Crippen LogP) is 3.29. The van der Waals surface area contributed by atoms with Gasteiger partial charge in [0.25, 0.3) is 0 Å². The van der Waals surface area contributed by atoms with Crippen molar-refractivity contribution >= 4 is 12.1 Å². The quantitative estimate of drug-likeness (QED) is 0.929. The van der Waals surface area contributed by atoms with Crippen molar-refractivity contribution in [2.24, 2.45) is 11.8 Å². The van der Waals surface area contributed by atoms with Crippen molar-refractivity contribution in [3.8, 4) is 0 Å². The molecule has 1 aromatic carbocycles. The normalized spacial score (nSPS) is 27.1. The molecule has 3 rings (SSSR count). The molecule has 23 heavy (non-hydrogen) atoms. The molecule has 1 unspecified atom stereocenters. The number of aliphatic carboxylic acids is 1. The summed E-state index contributed by atoms with van der Waals surface area (Å²) in [4.78, 5) is 25.6. The number of carboxylic acid groups (broad SMARTS) is 1. The molecule has 1 amide bonds. The van der Waals surface area contributed by atoms with Crippen LogP contribution in [0.3, 0.4) is 0 Å². The van der Waals surface area contributed by atoms with Gasteiger partial charge in [0.15, 0.2) is 0 Å². The highest BCUT2D eigenvalue weighted by molar-refractivity contribution is 5.80. The van der Waals surface area contributed by atoms with Gasteiger partial charge in [-0.15, -0.1) is 0 Å². The fourth-order valence-corrected chi connectivity index (χ4v) is 4.01. The monoisotopic (exact) mass is 317 g/mol. The van der Waals surface area contributed by atoms with E-state index in [1.54, 1.807) is 0 Å². The highest BCUT2D eigenvalue weighted by atomic mass is 16.6. The van der Waals surface area contributed by atoms with E-state index in [-0.39, 0.29) is 12.5 Å². The number of amides is 1. The van der Waals surface area contributed by atoms with E-state index < -0.39 is 18.1 Å². The van der Waals surface area contributed by atoms with Gasteiger partial charge in [-0.2, -0.15) is 0 Å². The Morgan fingerprint density at radius 2 is 1.87 bits per heavy atom. The van der Waals surface area contributed by atoms with Crippen LogP contribution in [-0.4, -0.2) is 34.7 Å². The number of carbonyl (C=O) groups is 2. The first-order valence-electron chi connectivity index (χ1n) is 8.37. The van der Waals surface area contributed by atoms with Crippen LogP contribution in [0.15, 0.2) is 30.3 Å². The Morgan fingerprint density at radius 3 is 2.61 bits per heavy atom. The Hall–Kier alpha value is -2.04. The second-order valence-electron chi connectivity index (χ2n) is 6.51. The van der Waals surface area contributed by atoms with Gasteiger partial charge in [-0.05, 0) is 30.2 Å². The highest BCUT2D eigenvalue weighted by Crippen LogP contribution is 2.40. The lowest BCUT2D eigenvalue weighted by molar-refractivity contribution is -0.148. The molecule has 1 aliphatic heterocycles. The molecule has 0 spiro atoms. The average molecular weight is 317 g/mol. The molecule has 5 heteroatoms. The van der Waals surface area contributed by atoms with Crippen molar-refractivity contribution in [1.29, 1.82) is 0 Å². The van der Waals surface area contributed by atoms with E-state index in [0.717, 1.165) is 31.2 Å². The number of carboxylic acids is 1. The van der Waals surface area contributed by atoms with Crippen LogP contribution in [-0.2, 0) is 16.1 Å². The Morgan fingerprint density at radius 1 is 1.13 bits per heavy atom. The zero-order valence-corrected chi connectivity index (χ0v) is 13.2. The molecular formula is C18H23NO4. The van der Waals surface area contributed by atoms with Crippen molar-refractivity contribution in [3.05, 3.63) is 35.9 Å². The number of piperidine rings is 1. The van der Waals surface area contributed by atoms with Gasteiger partial charge in [0.1, 0.15) is 12.6 Å². The Labute approximate surface area is 136 Å². The number of carbonyl (C=O) groups excluding carboxylic acids is 1.